The Hall–Kier alpha value is -2.03. The smallest absolute Gasteiger partial charge is 0.270 e. The van der Waals surface area contributed by atoms with Gasteiger partial charge in [-0.05, 0) is 18.2 Å². The van der Waals surface area contributed by atoms with E-state index in [0.29, 0.717) is 13.8 Å². The zero-order valence-electron chi connectivity index (χ0n) is 11.9. The minimum Gasteiger partial charge on any atom is -0.319 e. The van der Waals surface area contributed by atoms with Gasteiger partial charge in [-0.2, -0.15) is 4.99 Å². The average molecular weight is 368 g/mol. The van der Waals surface area contributed by atoms with Gasteiger partial charge in [0, 0.05) is 24.1 Å². The largest absolute Gasteiger partial charge is 0.319 e. The van der Waals surface area contributed by atoms with Crippen LogP contribution in [0.3, 0.4) is 0 Å². The van der Waals surface area contributed by atoms with Gasteiger partial charge in [0.05, 0.1) is 25.9 Å². The number of carbonyl (C=O) groups is 1. The summed E-state index contributed by atoms with van der Waals surface area (Å²) in [5, 5.41) is 10.8. The molecule has 23 heavy (non-hydrogen) atoms. The van der Waals surface area contributed by atoms with Gasteiger partial charge >= 0.3 is 0 Å². The lowest BCUT2D eigenvalue weighted by Crippen LogP contribution is -2.13. The highest BCUT2D eigenvalue weighted by molar-refractivity contribution is 7.16. The number of rotatable bonds is 3. The molecule has 118 valence electrons. The maximum atomic E-state index is 12.1. The summed E-state index contributed by atoms with van der Waals surface area (Å²) < 4.78 is 3.10. The monoisotopic (exact) mass is 367 g/mol. The van der Waals surface area contributed by atoms with Crippen molar-refractivity contribution in [3.8, 4) is 0 Å². The van der Waals surface area contributed by atoms with E-state index in [1.807, 2.05) is 0 Å². The summed E-state index contributed by atoms with van der Waals surface area (Å²) in [6, 6.07) is 8.13. The van der Waals surface area contributed by atoms with Crippen LogP contribution in [0, 0.1) is 10.1 Å². The Balaban J connectivity index is 1.96. The van der Waals surface area contributed by atoms with Crippen molar-refractivity contribution in [3.05, 3.63) is 54.5 Å². The highest BCUT2D eigenvalue weighted by Gasteiger charge is 2.11. The second kappa shape index (κ2) is 6.23. The number of hydrogen-bond acceptors (Lipinski definition) is 5. The third-order valence-corrected chi connectivity index (χ3v) is 5.50. The highest BCUT2D eigenvalue weighted by Crippen LogP contribution is 2.23. The molecule has 0 fully saturated rings. The van der Waals surface area contributed by atoms with Gasteiger partial charge in [-0.3, -0.25) is 14.9 Å². The van der Waals surface area contributed by atoms with Crippen LogP contribution >= 0.6 is 34.3 Å². The maximum Gasteiger partial charge on any atom is 0.270 e. The van der Waals surface area contributed by atoms with Crippen LogP contribution in [0.4, 0.5) is 5.69 Å². The second-order valence-corrected chi connectivity index (χ2v) is 7.55. The molecule has 0 radical (unpaired) electrons. The molecule has 6 nitrogen and oxygen atoms in total. The molecule has 0 N–H and O–H groups in total. The first-order chi connectivity index (χ1) is 10.9. The predicted octanol–water partition coefficient (Wildman–Crippen LogP) is 3.53. The number of aromatic nitrogens is 1. The van der Waals surface area contributed by atoms with Crippen LogP contribution in [0.5, 0.6) is 0 Å². The molecule has 0 spiro atoms. The first kappa shape index (κ1) is 15.9. The van der Waals surface area contributed by atoms with E-state index in [9.17, 15) is 14.9 Å². The number of non-ortho nitro benzene ring substituents is 1. The van der Waals surface area contributed by atoms with E-state index in [2.05, 4.69) is 4.99 Å². The van der Waals surface area contributed by atoms with Crippen LogP contribution in [-0.4, -0.2) is 15.4 Å². The molecule has 0 aliphatic carbocycles. The lowest BCUT2D eigenvalue weighted by Gasteiger charge is -1.95. The normalized spacial score (nSPS) is 12.0. The van der Waals surface area contributed by atoms with Gasteiger partial charge in [-0.1, -0.05) is 22.9 Å². The predicted molar refractivity (Wildman–Crippen MR) is 91.1 cm³/mol. The Labute approximate surface area is 143 Å². The number of amides is 1. The van der Waals surface area contributed by atoms with Gasteiger partial charge in [-0.15, -0.1) is 11.3 Å². The Kier molecular flexibility index (Phi) is 4.29. The van der Waals surface area contributed by atoms with Crippen molar-refractivity contribution in [1.82, 2.24) is 4.57 Å². The van der Waals surface area contributed by atoms with Crippen LogP contribution in [-0.2, 0) is 18.3 Å². The lowest BCUT2D eigenvalue weighted by atomic mass is 10.3. The van der Waals surface area contributed by atoms with E-state index in [1.54, 1.807) is 29.8 Å². The summed E-state index contributed by atoms with van der Waals surface area (Å²) in [6.45, 7) is 0. The zero-order chi connectivity index (χ0) is 16.6. The topological polar surface area (TPSA) is 77.5 Å². The summed E-state index contributed by atoms with van der Waals surface area (Å²) in [5.74, 6) is -0.278. The summed E-state index contributed by atoms with van der Waals surface area (Å²) in [6.07, 6.45) is 0.186. The average Bonchev–Trinajstić information content (AvgIpc) is 3.03. The van der Waals surface area contributed by atoms with Crippen molar-refractivity contribution in [2.75, 3.05) is 0 Å². The Bertz CT molecular complexity index is 987. The molecule has 9 heteroatoms. The number of nitro groups is 1. The van der Waals surface area contributed by atoms with Crippen molar-refractivity contribution >= 4 is 56.1 Å². The highest BCUT2D eigenvalue weighted by atomic mass is 35.5. The number of aryl methyl sites for hydroxylation is 1. The number of carbonyl (C=O) groups excluding carboxylic acids is 1. The van der Waals surface area contributed by atoms with Crippen LogP contribution in [0.25, 0.3) is 10.2 Å². The van der Waals surface area contributed by atoms with E-state index in [0.717, 1.165) is 10.4 Å². The zero-order valence-corrected chi connectivity index (χ0v) is 14.2. The summed E-state index contributed by atoms with van der Waals surface area (Å²) in [4.78, 5) is 27.9. The first-order valence-electron chi connectivity index (χ1n) is 6.50. The first-order valence-corrected chi connectivity index (χ1v) is 8.51. The molecule has 2 heterocycles. The van der Waals surface area contributed by atoms with Gasteiger partial charge in [0.2, 0.25) is 0 Å². The lowest BCUT2D eigenvalue weighted by molar-refractivity contribution is -0.384. The van der Waals surface area contributed by atoms with Crippen molar-refractivity contribution < 1.29 is 9.72 Å². The summed E-state index contributed by atoms with van der Waals surface area (Å²) >= 11 is 8.44. The maximum absolute atomic E-state index is 12.1. The molecule has 3 rings (SSSR count). The number of benzene rings is 1. The van der Waals surface area contributed by atoms with E-state index < -0.39 is 4.92 Å². The molecule has 2 aromatic heterocycles. The van der Waals surface area contributed by atoms with Crippen molar-refractivity contribution in [2.45, 2.75) is 6.42 Å². The quantitative estimate of drug-likeness (QED) is 0.524. The van der Waals surface area contributed by atoms with E-state index in [-0.39, 0.29) is 18.0 Å². The molecule has 0 saturated heterocycles. The summed E-state index contributed by atoms with van der Waals surface area (Å²) in [7, 11) is 1.78. The Morgan fingerprint density at radius 2 is 2.13 bits per heavy atom. The van der Waals surface area contributed by atoms with Crippen LogP contribution in [0.1, 0.15) is 4.88 Å². The molecule has 0 atom stereocenters. The number of thiophene rings is 1. The molecule has 0 aliphatic heterocycles. The van der Waals surface area contributed by atoms with E-state index in [1.165, 1.54) is 34.8 Å². The molecule has 1 aromatic carbocycles. The fraction of sp³-hybridized carbons (Fsp3) is 0.143. The Morgan fingerprint density at radius 3 is 2.78 bits per heavy atom. The van der Waals surface area contributed by atoms with E-state index in [4.69, 9.17) is 11.6 Å². The number of hydrogen-bond donors (Lipinski definition) is 0. The van der Waals surface area contributed by atoms with Crippen molar-refractivity contribution in [3.63, 3.8) is 0 Å². The van der Waals surface area contributed by atoms with Gasteiger partial charge in [0.1, 0.15) is 0 Å². The van der Waals surface area contributed by atoms with Crippen molar-refractivity contribution in [1.29, 1.82) is 0 Å². The number of nitrogens with zero attached hydrogens (tertiary/aromatic N) is 3. The van der Waals surface area contributed by atoms with Crippen LogP contribution in [0.2, 0.25) is 4.34 Å². The fourth-order valence-corrected chi connectivity index (χ4v) is 4.23. The van der Waals surface area contributed by atoms with Crippen molar-refractivity contribution in [2.24, 2.45) is 12.0 Å². The number of thiazole rings is 1. The Morgan fingerprint density at radius 1 is 1.35 bits per heavy atom. The van der Waals surface area contributed by atoms with Crippen LogP contribution < -0.4 is 4.80 Å². The molecule has 0 unspecified atom stereocenters. The fourth-order valence-electron chi connectivity index (χ4n) is 2.08. The van der Waals surface area contributed by atoms with E-state index >= 15 is 0 Å². The second-order valence-electron chi connectivity index (χ2n) is 4.74. The standard InChI is InChI=1S/C14H10ClN3O3S2/c1-17-10-4-2-8(18(20)21)6-11(10)23-14(17)16-13(19)7-9-3-5-12(15)22-9/h2-6H,7H2,1H3. The third-order valence-electron chi connectivity index (χ3n) is 3.18. The SMILES string of the molecule is Cn1c(=NC(=O)Cc2ccc(Cl)s2)sc2cc([N+](=O)[O-])ccc21. The summed E-state index contributed by atoms with van der Waals surface area (Å²) in [5.41, 5.74) is 0.816. The number of nitro benzene ring substituents is 1. The van der Waals surface area contributed by atoms with Gasteiger partial charge < -0.3 is 4.57 Å². The molecule has 0 saturated carbocycles. The number of fused-ring (bicyclic) bond motifs is 1. The molecule has 3 aromatic rings. The molecular formula is C14H10ClN3O3S2. The minimum atomic E-state index is -0.443. The molecule has 0 aliphatic rings. The molecular weight excluding hydrogens is 358 g/mol. The third kappa shape index (κ3) is 3.34. The number of halogens is 1. The minimum absolute atomic E-state index is 0.0189. The van der Waals surface area contributed by atoms with Gasteiger partial charge in [0.25, 0.3) is 11.6 Å². The molecule has 0 bridgehead atoms. The van der Waals surface area contributed by atoms with Gasteiger partial charge in [-0.25, -0.2) is 0 Å². The van der Waals surface area contributed by atoms with Gasteiger partial charge in [0.15, 0.2) is 4.80 Å². The van der Waals surface area contributed by atoms with Crippen LogP contribution in [0.15, 0.2) is 35.3 Å². The molecule has 1 amide bonds.